The van der Waals surface area contributed by atoms with Gasteiger partial charge in [-0.25, -0.2) is 0 Å². The van der Waals surface area contributed by atoms with Crippen LogP contribution in [0.25, 0.3) is 0 Å². The van der Waals surface area contributed by atoms with E-state index >= 15 is 0 Å². The Morgan fingerprint density at radius 2 is 2.21 bits per heavy atom. The lowest BCUT2D eigenvalue weighted by Crippen LogP contribution is -2.41. The van der Waals surface area contributed by atoms with Crippen LogP contribution >= 0.6 is 11.6 Å². The lowest BCUT2D eigenvalue weighted by molar-refractivity contribution is -0.156. The molecule has 0 spiro atoms. The normalized spacial score (nSPS) is 29.9. The standard InChI is InChI=1S/C8H13ClO5/c1-8(2)13-3-4(14-8)6(10)5(9)7(11)12/h4-6,10H,3H2,1-2H3,(H,11,12)/t4?,5?,6-/m1/s1. The van der Waals surface area contributed by atoms with Crippen molar-refractivity contribution in [1.29, 1.82) is 0 Å². The van der Waals surface area contributed by atoms with Gasteiger partial charge < -0.3 is 19.7 Å². The number of alkyl halides is 1. The van der Waals surface area contributed by atoms with Crippen molar-refractivity contribution in [2.45, 2.75) is 37.2 Å². The van der Waals surface area contributed by atoms with Crippen LogP contribution in [0.1, 0.15) is 13.8 Å². The number of carboxylic acid groups (broad SMARTS) is 1. The number of aliphatic hydroxyl groups excluding tert-OH is 1. The third-order valence-corrected chi connectivity index (χ3v) is 2.39. The van der Waals surface area contributed by atoms with Gasteiger partial charge in [0.15, 0.2) is 11.2 Å². The first-order valence-electron chi connectivity index (χ1n) is 4.20. The molecule has 0 aromatic carbocycles. The predicted molar refractivity (Wildman–Crippen MR) is 48.2 cm³/mol. The Balaban J connectivity index is 2.55. The molecule has 1 aliphatic heterocycles. The topological polar surface area (TPSA) is 76.0 Å². The van der Waals surface area contributed by atoms with Crippen LogP contribution in [0.3, 0.4) is 0 Å². The molecule has 2 unspecified atom stereocenters. The maximum atomic E-state index is 10.5. The zero-order valence-corrected chi connectivity index (χ0v) is 8.69. The highest BCUT2D eigenvalue weighted by Crippen LogP contribution is 2.26. The quantitative estimate of drug-likeness (QED) is 0.670. The largest absolute Gasteiger partial charge is 0.480 e. The molecule has 1 fully saturated rings. The minimum absolute atomic E-state index is 0.144. The smallest absolute Gasteiger partial charge is 0.324 e. The van der Waals surface area contributed by atoms with Crippen LogP contribution in [0, 0.1) is 0 Å². The fraction of sp³-hybridized carbons (Fsp3) is 0.875. The van der Waals surface area contributed by atoms with E-state index in [4.69, 9.17) is 26.2 Å². The first-order chi connectivity index (χ1) is 6.33. The molecule has 6 heteroatoms. The van der Waals surface area contributed by atoms with Crippen LogP contribution < -0.4 is 0 Å². The van der Waals surface area contributed by atoms with Gasteiger partial charge in [0.1, 0.15) is 12.2 Å². The second kappa shape index (κ2) is 4.02. The van der Waals surface area contributed by atoms with Gasteiger partial charge in [0.25, 0.3) is 0 Å². The van der Waals surface area contributed by atoms with Crippen molar-refractivity contribution < 1.29 is 24.5 Å². The van der Waals surface area contributed by atoms with Crippen molar-refractivity contribution in [3.63, 3.8) is 0 Å². The van der Waals surface area contributed by atoms with Gasteiger partial charge in [-0.1, -0.05) is 0 Å². The molecule has 2 N–H and O–H groups in total. The highest BCUT2D eigenvalue weighted by molar-refractivity contribution is 6.30. The number of hydrogen-bond acceptors (Lipinski definition) is 4. The summed E-state index contributed by atoms with van der Waals surface area (Å²) in [6, 6.07) is 0. The fourth-order valence-corrected chi connectivity index (χ4v) is 1.38. The lowest BCUT2D eigenvalue weighted by atomic mass is 10.1. The van der Waals surface area contributed by atoms with E-state index in [0.717, 1.165) is 0 Å². The van der Waals surface area contributed by atoms with Gasteiger partial charge in [0.2, 0.25) is 0 Å². The SMILES string of the molecule is CC1(C)OCC([C@@H](O)C(Cl)C(=O)O)O1. The first kappa shape index (κ1) is 11.7. The van der Waals surface area contributed by atoms with Crippen molar-refractivity contribution in [1.82, 2.24) is 0 Å². The summed E-state index contributed by atoms with van der Waals surface area (Å²) in [4.78, 5) is 10.5. The molecule has 1 rings (SSSR count). The highest BCUT2D eigenvalue weighted by atomic mass is 35.5. The Labute approximate surface area is 86.6 Å². The molecule has 5 nitrogen and oxygen atoms in total. The monoisotopic (exact) mass is 224 g/mol. The summed E-state index contributed by atoms with van der Waals surface area (Å²) in [5.74, 6) is -2.06. The van der Waals surface area contributed by atoms with Gasteiger partial charge in [-0.15, -0.1) is 11.6 Å². The second-order valence-corrected chi connectivity index (χ2v) is 4.07. The molecule has 3 atom stereocenters. The third-order valence-electron chi connectivity index (χ3n) is 1.95. The van der Waals surface area contributed by atoms with Crippen molar-refractivity contribution >= 4 is 17.6 Å². The molecule has 1 heterocycles. The van der Waals surface area contributed by atoms with Gasteiger partial charge in [-0.05, 0) is 13.8 Å². The molecule has 82 valence electrons. The number of aliphatic carboxylic acids is 1. The van der Waals surface area contributed by atoms with E-state index in [9.17, 15) is 9.90 Å². The van der Waals surface area contributed by atoms with Gasteiger partial charge in [0, 0.05) is 0 Å². The van der Waals surface area contributed by atoms with E-state index in [2.05, 4.69) is 0 Å². The summed E-state index contributed by atoms with van der Waals surface area (Å²) in [5, 5.41) is 16.7. The Morgan fingerprint density at radius 3 is 2.57 bits per heavy atom. The summed E-state index contributed by atoms with van der Waals surface area (Å²) in [6.45, 7) is 3.51. The molecule has 14 heavy (non-hydrogen) atoms. The van der Waals surface area contributed by atoms with E-state index in [-0.39, 0.29) is 6.61 Å². The van der Waals surface area contributed by atoms with Crippen LogP contribution in [-0.4, -0.2) is 46.2 Å². The molecule has 0 amide bonds. The van der Waals surface area contributed by atoms with E-state index in [1.807, 2.05) is 0 Å². The van der Waals surface area contributed by atoms with Gasteiger partial charge in [-0.3, -0.25) is 4.79 Å². The van der Waals surface area contributed by atoms with Crippen LogP contribution in [0.15, 0.2) is 0 Å². The van der Waals surface area contributed by atoms with E-state index < -0.39 is 29.3 Å². The van der Waals surface area contributed by atoms with Gasteiger partial charge in [0.05, 0.1) is 6.61 Å². The molecule has 0 aromatic rings. The first-order valence-corrected chi connectivity index (χ1v) is 4.64. The molecule has 1 aliphatic rings. The van der Waals surface area contributed by atoms with Crippen molar-refractivity contribution in [3.8, 4) is 0 Å². The Kier molecular flexibility index (Phi) is 3.36. The summed E-state index contributed by atoms with van der Waals surface area (Å²) < 4.78 is 10.4. The average molecular weight is 225 g/mol. The van der Waals surface area contributed by atoms with Crippen LogP contribution in [-0.2, 0) is 14.3 Å². The minimum Gasteiger partial charge on any atom is -0.480 e. The summed E-state index contributed by atoms with van der Waals surface area (Å²) in [5.41, 5.74) is 0. The molecule has 0 aliphatic carbocycles. The number of carboxylic acids is 1. The Morgan fingerprint density at radius 1 is 1.64 bits per heavy atom. The predicted octanol–water partition coefficient (Wildman–Crippen LogP) is 0.191. The van der Waals surface area contributed by atoms with Crippen molar-refractivity contribution in [2.75, 3.05) is 6.61 Å². The summed E-state index contributed by atoms with van der Waals surface area (Å²) in [6.07, 6.45) is -1.96. The van der Waals surface area contributed by atoms with E-state index in [1.165, 1.54) is 0 Å². The maximum Gasteiger partial charge on any atom is 0.324 e. The molecule has 1 saturated heterocycles. The van der Waals surface area contributed by atoms with Gasteiger partial charge in [-0.2, -0.15) is 0 Å². The molecular formula is C8H13ClO5. The molecular weight excluding hydrogens is 212 g/mol. The fourth-order valence-electron chi connectivity index (χ4n) is 1.22. The number of halogens is 1. The lowest BCUT2D eigenvalue weighted by Gasteiger charge is -2.21. The van der Waals surface area contributed by atoms with Crippen LogP contribution in [0.2, 0.25) is 0 Å². The molecule has 0 saturated carbocycles. The van der Waals surface area contributed by atoms with Crippen LogP contribution in [0.4, 0.5) is 0 Å². The van der Waals surface area contributed by atoms with Gasteiger partial charge >= 0.3 is 5.97 Å². The highest BCUT2D eigenvalue weighted by Gasteiger charge is 2.41. The number of ether oxygens (including phenoxy) is 2. The Hall–Kier alpha value is -0.360. The summed E-state index contributed by atoms with van der Waals surface area (Å²) in [7, 11) is 0. The maximum absolute atomic E-state index is 10.5. The van der Waals surface area contributed by atoms with E-state index in [0.29, 0.717) is 0 Å². The van der Waals surface area contributed by atoms with Crippen molar-refractivity contribution in [2.24, 2.45) is 0 Å². The summed E-state index contributed by atoms with van der Waals surface area (Å²) >= 11 is 5.45. The zero-order valence-electron chi connectivity index (χ0n) is 7.94. The third kappa shape index (κ3) is 2.57. The molecule has 0 radical (unpaired) electrons. The number of rotatable bonds is 3. The average Bonchev–Trinajstić information content (AvgIpc) is 2.43. The van der Waals surface area contributed by atoms with Crippen LogP contribution in [0.5, 0.6) is 0 Å². The van der Waals surface area contributed by atoms with Crippen molar-refractivity contribution in [3.05, 3.63) is 0 Å². The zero-order chi connectivity index (χ0) is 10.9. The number of carbonyl (C=O) groups is 1. The number of hydrogen-bond donors (Lipinski definition) is 2. The second-order valence-electron chi connectivity index (χ2n) is 3.60. The Bertz CT molecular complexity index is 230. The minimum atomic E-state index is -1.38. The number of aliphatic hydroxyl groups is 1. The molecule has 0 aromatic heterocycles. The molecule has 0 bridgehead atoms. The van der Waals surface area contributed by atoms with E-state index in [1.54, 1.807) is 13.8 Å².